The third-order valence-electron chi connectivity index (χ3n) is 3.41. The van der Waals surface area contributed by atoms with E-state index in [0.29, 0.717) is 6.42 Å². The van der Waals surface area contributed by atoms with Crippen LogP contribution in [0, 0.1) is 0 Å². The summed E-state index contributed by atoms with van der Waals surface area (Å²) in [6.45, 7) is 7.23. The molecule has 0 N–H and O–H groups in total. The summed E-state index contributed by atoms with van der Waals surface area (Å²) in [7, 11) is 0. The summed E-state index contributed by atoms with van der Waals surface area (Å²) in [6.07, 6.45) is 0.410. The minimum Gasteiger partial charge on any atom is -0.379 e. The number of carbonyl (C=O) groups is 1. The zero-order valence-electron chi connectivity index (χ0n) is 12.0. The predicted molar refractivity (Wildman–Crippen MR) is 80.6 cm³/mol. The molecule has 4 nitrogen and oxygen atoms in total. The van der Waals surface area contributed by atoms with Crippen molar-refractivity contribution < 1.29 is 9.53 Å². The van der Waals surface area contributed by atoms with Crippen LogP contribution in [-0.4, -0.2) is 55.8 Å². The highest BCUT2D eigenvalue weighted by Gasteiger charge is 2.10. The Hall–Kier alpha value is -1.52. The van der Waals surface area contributed by atoms with Gasteiger partial charge in [-0.2, -0.15) is 0 Å². The Morgan fingerprint density at radius 1 is 1.25 bits per heavy atom. The summed E-state index contributed by atoms with van der Waals surface area (Å²) >= 11 is 0. The first kappa shape index (κ1) is 14.9. The quantitative estimate of drug-likeness (QED) is 0.589. The number of ketones is 1. The summed E-state index contributed by atoms with van der Waals surface area (Å²) in [5.41, 5.74) is 1.67. The molecule has 1 aromatic carbocycles. The highest BCUT2D eigenvalue weighted by molar-refractivity contribution is 6.08. The average molecular weight is 274 g/mol. The Bertz CT molecular complexity index is 451. The number of benzene rings is 1. The van der Waals surface area contributed by atoms with Crippen molar-refractivity contribution in [2.24, 2.45) is 4.99 Å². The minimum absolute atomic E-state index is 0.137. The molecule has 0 amide bonds. The molecule has 1 aliphatic rings. The van der Waals surface area contributed by atoms with Crippen LogP contribution in [-0.2, 0) is 4.74 Å². The summed E-state index contributed by atoms with van der Waals surface area (Å²) in [4.78, 5) is 18.9. The van der Waals surface area contributed by atoms with Crippen molar-refractivity contribution in [2.75, 3.05) is 39.4 Å². The maximum atomic E-state index is 12.0. The van der Waals surface area contributed by atoms with Crippen LogP contribution >= 0.6 is 0 Å². The van der Waals surface area contributed by atoms with E-state index in [0.717, 1.165) is 50.7 Å². The molecule has 1 aliphatic heterocycles. The number of rotatable bonds is 6. The van der Waals surface area contributed by atoms with Crippen LogP contribution in [0.25, 0.3) is 0 Å². The number of aliphatic imine (C=N–C) groups is 1. The summed E-state index contributed by atoms with van der Waals surface area (Å²) in [5.74, 6) is 0.137. The van der Waals surface area contributed by atoms with Crippen LogP contribution in [0.3, 0.4) is 0 Å². The monoisotopic (exact) mass is 274 g/mol. The van der Waals surface area contributed by atoms with Crippen LogP contribution in [0.1, 0.15) is 23.7 Å². The standard InChI is InChI=1S/C16H22N2O2/c1-14(13-16(19)15-5-3-2-4-6-15)17-7-8-18-9-11-20-12-10-18/h2-6H,7-13H2,1H3. The number of morpholine rings is 1. The molecule has 2 rings (SSSR count). The van der Waals surface area contributed by atoms with E-state index in [1.807, 2.05) is 37.3 Å². The van der Waals surface area contributed by atoms with Crippen LogP contribution < -0.4 is 0 Å². The molecule has 0 aromatic heterocycles. The van der Waals surface area contributed by atoms with Gasteiger partial charge in [-0.25, -0.2) is 0 Å². The number of ether oxygens (including phenoxy) is 1. The molecule has 20 heavy (non-hydrogen) atoms. The zero-order valence-corrected chi connectivity index (χ0v) is 12.0. The van der Waals surface area contributed by atoms with Gasteiger partial charge in [-0.1, -0.05) is 30.3 Å². The van der Waals surface area contributed by atoms with Gasteiger partial charge in [0.1, 0.15) is 0 Å². The molecular weight excluding hydrogens is 252 g/mol. The topological polar surface area (TPSA) is 41.9 Å². The lowest BCUT2D eigenvalue weighted by Gasteiger charge is -2.25. The van der Waals surface area contributed by atoms with Crippen LogP contribution in [0.5, 0.6) is 0 Å². The van der Waals surface area contributed by atoms with Crippen molar-refractivity contribution in [3.63, 3.8) is 0 Å². The van der Waals surface area contributed by atoms with Crippen molar-refractivity contribution in [1.29, 1.82) is 0 Å². The van der Waals surface area contributed by atoms with Gasteiger partial charge in [-0.3, -0.25) is 14.7 Å². The summed E-state index contributed by atoms with van der Waals surface area (Å²) in [6, 6.07) is 9.39. The first-order chi connectivity index (χ1) is 9.75. The molecule has 108 valence electrons. The number of carbonyl (C=O) groups excluding carboxylic acids is 1. The van der Waals surface area contributed by atoms with Gasteiger partial charge >= 0.3 is 0 Å². The molecule has 0 spiro atoms. The lowest BCUT2D eigenvalue weighted by atomic mass is 10.1. The van der Waals surface area contributed by atoms with Crippen molar-refractivity contribution in [1.82, 2.24) is 4.90 Å². The predicted octanol–water partition coefficient (Wildman–Crippen LogP) is 2.05. The van der Waals surface area contributed by atoms with E-state index in [4.69, 9.17) is 4.74 Å². The van der Waals surface area contributed by atoms with Crippen LogP contribution in [0.2, 0.25) is 0 Å². The van der Waals surface area contributed by atoms with Crippen LogP contribution in [0.4, 0.5) is 0 Å². The van der Waals surface area contributed by atoms with Crippen molar-refractivity contribution in [2.45, 2.75) is 13.3 Å². The van der Waals surface area contributed by atoms with Gasteiger partial charge in [0.25, 0.3) is 0 Å². The van der Waals surface area contributed by atoms with Crippen molar-refractivity contribution in [3.05, 3.63) is 35.9 Å². The molecule has 0 radical (unpaired) electrons. The molecule has 1 fully saturated rings. The van der Waals surface area contributed by atoms with Crippen molar-refractivity contribution in [3.8, 4) is 0 Å². The molecular formula is C16H22N2O2. The molecule has 0 saturated carbocycles. The van der Waals surface area contributed by atoms with Gasteiger partial charge in [0, 0.05) is 37.3 Å². The molecule has 1 aromatic rings. The van der Waals surface area contributed by atoms with Crippen molar-refractivity contribution >= 4 is 11.5 Å². The van der Waals surface area contributed by atoms with E-state index < -0.39 is 0 Å². The Morgan fingerprint density at radius 3 is 2.65 bits per heavy atom. The van der Waals surface area contributed by atoms with E-state index in [2.05, 4.69) is 9.89 Å². The lowest BCUT2D eigenvalue weighted by Crippen LogP contribution is -2.37. The van der Waals surface area contributed by atoms with Gasteiger partial charge in [-0.05, 0) is 6.92 Å². The highest BCUT2D eigenvalue weighted by Crippen LogP contribution is 2.04. The van der Waals surface area contributed by atoms with Gasteiger partial charge in [0.15, 0.2) is 5.78 Å². The van der Waals surface area contributed by atoms with E-state index >= 15 is 0 Å². The smallest absolute Gasteiger partial charge is 0.168 e. The van der Waals surface area contributed by atoms with Gasteiger partial charge in [0.2, 0.25) is 0 Å². The second kappa shape index (κ2) is 7.92. The molecule has 4 heteroatoms. The third kappa shape index (κ3) is 4.87. The fourth-order valence-corrected chi connectivity index (χ4v) is 2.22. The second-order valence-corrected chi connectivity index (χ2v) is 5.04. The normalized spacial score (nSPS) is 17.1. The zero-order chi connectivity index (χ0) is 14.2. The Balaban J connectivity index is 1.74. The summed E-state index contributed by atoms with van der Waals surface area (Å²) in [5, 5.41) is 0. The maximum absolute atomic E-state index is 12.0. The molecule has 0 aliphatic carbocycles. The first-order valence-electron chi connectivity index (χ1n) is 7.14. The average Bonchev–Trinajstić information content (AvgIpc) is 2.49. The minimum atomic E-state index is 0.137. The van der Waals surface area contributed by atoms with Gasteiger partial charge < -0.3 is 4.74 Å². The molecule has 0 atom stereocenters. The lowest BCUT2D eigenvalue weighted by molar-refractivity contribution is 0.0394. The molecule has 1 heterocycles. The van der Waals surface area contributed by atoms with E-state index in [-0.39, 0.29) is 5.78 Å². The Kier molecular flexibility index (Phi) is 5.89. The van der Waals surface area contributed by atoms with E-state index in [1.54, 1.807) is 0 Å². The Labute approximate surface area is 120 Å². The SMILES string of the molecule is CC(CC(=O)c1ccccc1)=NCCN1CCOCC1. The summed E-state index contributed by atoms with van der Waals surface area (Å²) < 4.78 is 5.31. The van der Waals surface area contributed by atoms with Gasteiger partial charge in [-0.15, -0.1) is 0 Å². The number of Topliss-reactive ketones (excluding diaryl/α,β-unsaturated/α-hetero) is 1. The molecule has 0 unspecified atom stereocenters. The van der Waals surface area contributed by atoms with Gasteiger partial charge in [0.05, 0.1) is 19.8 Å². The third-order valence-corrected chi connectivity index (χ3v) is 3.41. The van der Waals surface area contributed by atoms with E-state index in [1.165, 1.54) is 0 Å². The second-order valence-electron chi connectivity index (χ2n) is 5.04. The Morgan fingerprint density at radius 2 is 1.95 bits per heavy atom. The molecule has 1 saturated heterocycles. The number of nitrogens with zero attached hydrogens (tertiary/aromatic N) is 2. The van der Waals surface area contributed by atoms with E-state index in [9.17, 15) is 4.79 Å². The van der Waals surface area contributed by atoms with Crippen LogP contribution in [0.15, 0.2) is 35.3 Å². The fourth-order valence-electron chi connectivity index (χ4n) is 2.22. The largest absolute Gasteiger partial charge is 0.379 e. The highest BCUT2D eigenvalue weighted by atomic mass is 16.5. The molecule has 0 bridgehead atoms. The fraction of sp³-hybridized carbons (Fsp3) is 0.500. The maximum Gasteiger partial charge on any atom is 0.168 e. The first-order valence-corrected chi connectivity index (χ1v) is 7.14. The number of hydrogen-bond donors (Lipinski definition) is 0. The number of hydrogen-bond acceptors (Lipinski definition) is 4.